The van der Waals surface area contributed by atoms with Gasteiger partial charge in [0.05, 0.1) is 25.9 Å². The van der Waals surface area contributed by atoms with Crippen LogP contribution in [0.25, 0.3) is 0 Å². The lowest BCUT2D eigenvalue weighted by Gasteiger charge is -2.29. The van der Waals surface area contributed by atoms with E-state index in [0.29, 0.717) is 18.1 Å². The van der Waals surface area contributed by atoms with Crippen molar-refractivity contribution >= 4 is 0 Å². The maximum absolute atomic E-state index is 5.58. The number of rotatable bonds is 5. The molecule has 2 aliphatic rings. The van der Waals surface area contributed by atoms with Gasteiger partial charge in [-0.2, -0.15) is 0 Å². The molecule has 4 nitrogen and oxygen atoms in total. The van der Waals surface area contributed by atoms with Gasteiger partial charge in [0.15, 0.2) is 0 Å². The zero-order valence-corrected chi connectivity index (χ0v) is 11.2. The number of morpholine rings is 1. The molecule has 2 aliphatic heterocycles. The predicted octanol–water partition coefficient (Wildman–Crippen LogP) is 0.722. The Bertz CT molecular complexity index is 219. The molecule has 3 atom stereocenters. The van der Waals surface area contributed by atoms with Crippen LogP contribution in [-0.4, -0.2) is 63.0 Å². The second-order valence-corrected chi connectivity index (χ2v) is 5.47. The average Bonchev–Trinajstić information content (AvgIpc) is 2.74. The highest BCUT2D eigenvalue weighted by molar-refractivity contribution is 4.76. The van der Waals surface area contributed by atoms with Crippen LogP contribution in [0.3, 0.4) is 0 Å². The molecule has 2 rings (SSSR count). The van der Waals surface area contributed by atoms with E-state index in [9.17, 15) is 0 Å². The SMILES string of the molecule is CC(CN1CCOCC1)NCC1COC(C)C1. The first-order valence-electron chi connectivity index (χ1n) is 6.89. The number of hydrogen-bond donors (Lipinski definition) is 1. The Labute approximate surface area is 105 Å². The molecule has 100 valence electrons. The van der Waals surface area contributed by atoms with Gasteiger partial charge >= 0.3 is 0 Å². The molecule has 2 heterocycles. The Morgan fingerprint density at radius 1 is 1.35 bits per heavy atom. The Morgan fingerprint density at radius 3 is 2.76 bits per heavy atom. The largest absolute Gasteiger partial charge is 0.379 e. The van der Waals surface area contributed by atoms with Gasteiger partial charge in [0, 0.05) is 32.2 Å². The fourth-order valence-corrected chi connectivity index (χ4v) is 2.65. The Morgan fingerprint density at radius 2 is 2.12 bits per heavy atom. The smallest absolute Gasteiger partial charge is 0.0594 e. The van der Waals surface area contributed by atoms with Crippen LogP contribution < -0.4 is 5.32 Å². The third-order valence-corrected chi connectivity index (χ3v) is 3.67. The number of hydrogen-bond acceptors (Lipinski definition) is 4. The molecule has 17 heavy (non-hydrogen) atoms. The second-order valence-electron chi connectivity index (χ2n) is 5.47. The Kier molecular flexibility index (Phi) is 5.22. The van der Waals surface area contributed by atoms with Gasteiger partial charge in [-0.3, -0.25) is 4.90 Å². The van der Waals surface area contributed by atoms with Crippen LogP contribution in [0, 0.1) is 5.92 Å². The summed E-state index contributed by atoms with van der Waals surface area (Å²) in [4.78, 5) is 2.48. The standard InChI is InChI=1S/C13H26N2O2/c1-11(9-15-3-5-16-6-4-15)14-8-13-7-12(2)17-10-13/h11-14H,3-10H2,1-2H3. The van der Waals surface area contributed by atoms with Gasteiger partial charge in [-0.1, -0.05) is 0 Å². The molecule has 0 amide bonds. The van der Waals surface area contributed by atoms with E-state index < -0.39 is 0 Å². The fourth-order valence-electron chi connectivity index (χ4n) is 2.65. The van der Waals surface area contributed by atoms with E-state index in [1.807, 2.05) is 0 Å². The van der Waals surface area contributed by atoms with Crippen molar-refractivity contribution in [1.29, 1.82) is 0 Å². The van der Waals surface area contributed by atoms with Crippen molar-refractivity contribution in [3.05, 3.63) is 0 Å². The summed E-state index contributed by atoms with van der Waals surface area (Å²) in [5.41, 5.74) is 0. The lowest BCUT2D eigenvalue weighted by Crippen LogP contribution is -2.45. The van der Waals surface area contributed by atoms with Gasteiger partial charge in [0.2, 0.25) is 0 Å². The van der Waals surface area contributed by atoms with Gasteiger partial charge in [-0.25, -0.2) is 0 Å². The minimum atomic E-state index is 0.455. The molecule has 4 heteroatoms. The summed E-state index contributed by atoms with van der Waals surface area (Å²) in [6.07, 6.45) is 1.66. The van der Waals surface area contributed by atoms with Crippen LogP contribution in [-0.2, 0) is 9.47 Å². The molecule has 0 aromatic heterocycles. The molecule has 0 aliphatic carbocycles. The summed E-state index contributed by atoms with van der Waals surface area (Å²) in [5, 5.41) is 3.63. The van der Waals surface area contributed by atoms with Crippen molar-refractivity contribution in [3.63, 3.8) is 0 Å². The second kappa shape index (κ2) is 6.69. The zero-order valence-electron chi connectivity index (χ0n) is 11.2. The molecule has 3 unspecified atom stereocenters. The van der Waals surface area contributed by atoms with Crippen molar-refractivity contribution in [2.24, 2.45) is 5.92 Å². The van der Waals surface area contributed by atoms with Gasteiger partial charge in [0.1, 0.15) is 0 Å². The highest BCUT2D eigenvalue weighted by atomic mass is 16.5. The molecular weight excluding hydrogens is 216 g/mol. The first-order chi connectivity index (χ1) is 8.24. The van der Waals surface area contributed by atoms with Crippen LogP contribution in [0.5, 0.6) is 0 Å². The Balaban J connectivity index is 1.58. The minimum Gasteiger partial charge on any atom is -0.379 e. The molecule has 0 bridgehead atoms. The molecule has 0 aromatic carbocycles. The van der Waals surface area contributed by atoms with Gasteiger partial charge < -0.3 is 14.8 Å². The highest BCUT2D eigenvalue weighted by Gasteiger charge is 2.22. The van der Waals surface area contributed by atoms with Crippen molar-refractivity contribution in [2.75, 3.05) is 46.0 Å². The van der Waals surface area contributed by atoms with E-state index in [-0.39, 0.29) is 0 Å². The fraction of sp³-hybridized carbons (Fsp3) is 1.00. The molecular formula is C13H26N2O2. The topological polar surface area (TPSA) is 33.7 Å². The van der Waals surface area contributed by atoms with Crippen molar-refractivity contribution in [3.8, 4) is 0 Å². The van der Waals surface area contributed by atoms with Gasteiger partial charge in [-0.15, -0.1) is 0 Å². The third kappa shape index (κ3) is 4.54. The number of nitrogens with one attached hydrogen (secondary N) is 1. The first-order valence-corrected chi connectivity index (χ1v) is 6.89. The van der Waals surface area contributed by atoms with E-state index in [4.69, 9.17) is 9.47 Å². The summed E-state index contributed by atoms with van der Waals surface area (Å²) >= 11 is 0. The molecule has 1 N–H and O–H groups in total. The molecule has 0 spiro atoms. The van der Waals surface area contributed by atoms with E-state index in [1.165, 1.54) is 6.42 Å². The van der Waals surface area contributed by atoms with Crippen molar-refractivity contribution in [2.45, 2.75) is 32.4 Å². The van der Waals surface area contributed by atoms with Gasteiger partial charge in [-0.05, 0) is 26.2 Å². The Hall–Kier alpha value is -0.160. The zero-order chi connectivity index (χ0) is 12.1. The average molecular weight is 242 g/mol. The van der Waals surface area contributed by atoms with Crippen molar-refractivity contribution < 1.29 is 9.47 Å². The number of nitrogens with zero attached hydrogens (tertiary/aromatic N) is 1. The predicted molar refractivity (Wildman–Crippen MR) is 68.2 cm³/mol. The highest BCUT2D eigenvalue weighted by Crippen LogP contribution is 2.18. The summed E-state index contributed by atoms with van der Waals surface area (Å²) in [6, 6.07) is 0.559. The summed E-state index contributed by atoms with van der Waals surface area (Å²) in [6.45, 7) is 11.5. The minimum absolute atomic E-state index is 0.455. The van der Waals surface area contributed by atoms with Crippen LogP contribution in [0.2, 0.25) is 0 Å². The molecule has 2 fully saturated rings. The third-order valence-electron chi connectivity index (χ3n) is 3.67. The van der Waals surface area contributed by atoms with Crippen LogP contribution in [0.15, 0.2) is 0 Å². The molecule has 2 saturated heterocycles. The quantitative estimate of drug-likeness (QED) is 0.770. The van der Waals surface area contributed by atoms with Gasteiger partial charge in [0.25, 0.3) is 0 Å². The number of ether oxygens (including phenoxy) is 2. The molecule has 0 saturated carbocycles. The normalized spacial score (nSPS) is 32.8. The van der Waals surface area contributed by atoms with Crippen LogP contribution in [0.1, 0.15) is 20.3 Å². The van der Waals surface area contributed by atoms with E-state index in [0.717, 1.165) is 46.0 Å². The maximum Gasteiger partial charge on any atom is 0.0594 e. The monoisotopic (exact) mass is 242 g/mol. The molecule has 0 radical (unpaired) electrons. The van der Waals surface area contributed by atoms with E-state index in [1.54, 1.807) is 0 Å². The van der Waals surface area contributed by atoms with Crippen LogP contribution in [0.4, 0.5) is 0 Å². The molecule has 0 aromatic rings. The lowest BCUT2D eigenvalue weighted by molar-refractivity contribution is 0.0342. The summed E-state index contributed by atoms with van der Waals surface area (Å²) in [7, 11) is 0. The summed E-state index contributed by atoms with van der Waals surface area (Å²) < 4.78 is 10.9. The summed E-state index contributed by atoms with van der Waals surface area (Å²) in [5.74, 6) is 0.706. The van der Waals surface area contributed by atoms with E-state index >= 15 is 0 Å². The van der Waals surface area contributed by atoms with Crippen LogP contribution >= 0.6 is 0 Å². The van der Waals surface area contributed by atoms with E-state index in [2.05, 4.69) is 24.1 Å². The maximum atomic E-state index is 5.58. The first kappa shape index (κ1) is 13.3. The lowest BCUT2D eigenvalue weighted by atomic mass is 10.1. The van der Waals surface area contributed by atoms with Crippen molar-refractivity contribution in [1.82, 2.24) is 10.2 Å².